The molecule has 0 N–H and O–H groups in total. The van der Waals surface area contributed by atoms with Crippen LogP contribution in [-0.4, -0.2) is 56.9 Å². The first-order valence-electron chi connectivity index (χ1n) is 9.67. The van der Waals surface area contributed by atoms with E-state index in [9.17, 15) is 9.18 Å². The average molecular weight is 373 g/mol. The van der Waals surface area contributed by atoms with Gasteiger partial charge in [-0.15, -0.1) is 5.10 Å². The molecule has 0 saturated carbocycles. The summed E-state index contributed by atoms with van der Waals surface area (Å²) in [6, 6.07) is 6.62. The Balaban J connectivity index is 1.54. The molecule has 0 aliphatic carbocycles. The molecule has 146 valence electrons. The lowest BCUT2D eigenvalue weighted by Gasteiger charge is -2.21. The van der Waals surface area contributed by atoms with Crippen LogP contribution in [0.1, 0.15) is 42.7 Å². The number of carbonyl (C=O) groups excluding carboxylic acids is 1. The van der Waals surface area contributed by atoms with E-state index in [4.69, 9.17) is 0 Å². The first-order chi connectivity index (χ1) is 13.0. The van der Waals surface area contributed by atoms with Crippen molar-refractivity contribution in [1.29, 1.82) is 0 Å². The summed E-state index contributed by atoms with van der Waals surface area (Å²) in [6.07, 6.45) is 3.68. The average Bonchev–Trinajstić information content (AvgIpc) is 3.01. The van der Waals surface area contributed by atoms with Crippen molar-refractivity contribution in [3.63, 3.8) is 0 Å². The summed E-state index contributed by atoms with van der Waals surface area (Å²) in [5.74, 6) is 0.327. The fourth-order valence-electron chi connectivity index (χ4n) is 3.24. The van der Waals surface area contributed by atoms with Crippen molar-refractivity contribution in [2.75, 3.05) is 26.2 Å². The Bertz CT molecular complexity index is 743. The maximum atomic E-state index is 13.1. The van der Waals surface area contributed by atoms with Gasteiger partial charge in [0, 0.05) is 39.3 Å². The van der Waals surface area contributed by atoms with Crippen LogP contribution in [0.3, 0.4) is 0 Å². The molecule has 0 radical (unpaired) electrons. The van der Waals surface area contributed by atoms with Gasteiger partial charge in [0.15, 0.2) is 5.69 Å². The van der Waals surface area contributed by atoms with E-state index >= 15 is 0 Å². The molecule has 7 heteroatoms. The van der Waals surface area contributed by atoms with E-state index in [1.54, 1.807) is 10.9 Å². The minimum absolute atomic E-state index is 0.0468. The van der Waals surface area contributed by atoms with Gasteiger partial charge in [0.2, 0.25) is 0 Å². The molecule has 1 fully saturated rings. The first-order valence-corrected chi connectivity index (χ1v) is 9.67. The Labute approximate surface area is 160 Å². The molecule has 2 heterocycles. The van der Waals surface area contributed by atoms with Gasteiger partial charge >= 0.3 is 0 Å². The molecule has 2 aromatic rings. The maximum Gasteiger partial charge on any atom is 0.276 e. The van der Waals surface area contributed by atoms with Gasteiger partial charge in [-0.05, 0) is 36.5 Å². The SMILES string of the molecule is CC(C)CCn1cc(C(=O)N2CCCN(Cc3ccc(F)cc3)CC2)nn1. The summed E-state index contributed by atoms with van der Waals surface area (Å²) in [5, 5.41) is 8.15. The molecular weight excluding hydrogens is 345 g/mol. The Kier molecular flexibility index (Phi) is 6.55. The number of hydrogen-bond donors (Lipinski definition) is 0. The van der Waals surface area contributed by atoms with E-state index in [0.29, 0.717) is 18.2 Å². The minimum Gasteiger partial charge on any atom is -0.336 e. The topological polar surface area (TPSA) is 54.3 Å². The largest absolute Gasteiger partial charge is 0.336 e. The van der Waals surface area contributed by atoms with E-state index in [1.807, 2.05) is 17.0 Å². The number of rotatable bonds is 6. The lowest BCUT2D eigenvalue weighted by molar-refractivity contribution is 0.0755. The number of nitrogens with zero attached hydrogens (tertiary/aromatic N) is 5. The molecule has 1 aromatic heterocycles. The molecule has 0 bridgehead atoms. The second-order valence-electron chi connectivity index (χ2n) is 7.60. The monoisotopic (exact) mass is 373 g/mol. The second-order valence-corrected chi connectivity index (χ2v) is 7.60. The molecule has 1 saturated heterocycles. The van der Waals surface area contributed by atoms with Crippen molar-refractivity contribution in [2.45, 2.75) is 39.8 Å². The van der Waals surface area contributed by atoms with Gasteiger partial charge in [-0.2, -0.15) is 0 Å². The number of aryl methyl sites for hydroxylation is 1. The number of benzene rings is 1. The van der Waals surface area contributed by atoms with Crippen molar-refractivity contribution in [3.05, 3.63) is 47.5 Å². The summed E-state index contributed by atoms with van der Waals surface area (Å²) in [5.41, 5.74) is 1.51. The van der Waals surface area contributed by atoms with E-state index in [-0.39, 0.29) is 11.7 Å². The number of aromatic nitrogens is 3. The third-order valence-electron chi connectivity index (χ3n) is 4.89. The normalized spacial score (nSPS) is 15.9. The summed E-state index contributed by atoms with van der Waals surface area (Å²) in [4.78, 5) is 16.9. The molecule has 3 rings (SSSR count). The van der Waals surface area contributed by atoms with Crippen molar-refractivity contribution in [3.8, 4) is 0 Å². The molecule has 1 aliphatic heterocycles. The lowest BCUT2D eigenvalue weighted by Crippen LogP contribution is -2.35. The van der Waals surface area contributed by atoms with Crippen LogP contribution in [0.15, 0.2) is 30.5 Å². The highest BCUT2D eigenvalue weighted by Crippen LogP contribution is 2.12. The molecule has 0 spiro atoms. The van der Waals surface area contributed by atoms with Crippen LogP contribution < -0.4 is 0 Å². The molecule has 1 aliphatic rings. The van der Waals surface area contributed by atoms with Crippen molar-refractivity contribution in [1.82, 2.24) is 24.8 Å². The summed E-state index contributed by atoms with van der Waals surface area (Å²) >= 11 is 0. The number of hydrogen-bond acceptors (Lipinski definition) is 4. The third-order valence-corrected chi connectivity index (χ3v) is 4.89. The van der Waals surface area contributed by atoms with Gasteiger partial charge in [-0.25, -0.2) is 4.39 Å². The van der Waals surface area contributed by atoms with E-state index in [0.717, 1.165) is 51.1 Å². The van der Waals surface area contributed by atoms with Crippen LogP contribution >= 0.6 is 0 Å². The van der Waals surface area contributed by atoms with Gasteiger partial charge in [0.05, 0.1) is 6.20 Å². The van der Waals surface area contributed by atoms with Crippen molar-refractivity contribution < 1.29 is 9.18 Å². The predicted molar refractivity (Wildman–Crippen MR) is 102 cm³/mol. The zero-order chi connectivity index (χ0) is 19.2. The molecular formula is C20H28FN5O. The second kappa shape index (κ2) is 9.08. The molecule has 0 unspecified atom stereocenters. The van der Waals surface area contributed by atoms with Gasteiger partial charge in [-0.1, -0.05) is 31.2 Å². The van der Waals surface area contributed by atoms with Gasteiger partial charge in [0.1, 0.15) is 5.82 Å². The van der Waals surface area contributed by atoms with Crippen LogP contribution in [0.5, 0.6) is 0 Å². The van der Waals surface area contributed by atoms with Crippen LogP contribution in [0.2, 0.25) is 0 Å². The van der Waals surface area contributed by atoms with Gasteiger partial charge in [0.25, 0.3) is 5.91 Å². The van der Waals surface area contributed by atoms with Crippen LogP contribution in [0.4, 0.5) is 4.39 Å². The Morgan fingerprint density at radius 1 is 1.15 bits per heavy atom. The fourth-order valence-corrected chi connectivity index (χ4v) is 3.24. The summed E-state index contributed by atoms with van der Waals surface area (Å²) < 4.78 is 14.8. The Hall–Kier alpha value is -2.28. The predicted octanol–water partition coefficient (Wildman–Crippen LogP) is 2.81. The van der Waals surface area contributed by atoms with Crippen molar-refractivity contribution in [2.24, 2.45) is 5.92 Å². The summed E-state index contributed by atoms with van der Waals surface area (Å²) in [7, 11) is 0. The van der Waals surface area contributed by atoms with E-state index in [2.05, 4.69) is 29.1 Å². The highest BCUT2D eigenvalue weighted by molar-refractivity contribution is 5.91. The first kappa shape index (κ1) is 19.5. The van der Waals surface area contributed by atoms with Gasteiger partial charge in [-0.3, -0.25) is 14.4 Å². The number of carbonyl (C=O) groups is 1. The highest BCUT2D eigenvalue weighted by atomic mass is 19.1. The third kappa shape index (κ3) is 5.60. The van der Waals surface area contributed by atoms with E-state index in [1.165, 1.54) is 12.1 Å². The number of halogens is 1. The highest BCUT2D eigenvalue weighted by Gasteiger charge is 2.22. The van der Waals surface area contributed by atoms with Crippen molar-refractivity contribution >= 4 is 5.91 Å². The molecule has 27 heavy (non-hydrogen) atoms. The molecule has 0 atom stereocenters. The fraction of sp³-hybridized carbons (Fsp3) is 0.550. The zero-order valence-corrected chi connectivity index (χ0v) is 16.1. The maximum absolute atomic E-state index is 13.1. The van der Waals surface area contributed by atoms with Gasteiger partial charge < -0.3 is 4.90 Å². The van der Waals surface area contributed by atoms with Crippen LogP contribution in [-0.2, 0) is 13.1 Å². The molecule has 6 nitrogen and oxygen atoms in total. The smallest absolute Gasteiger partial charge is 0.276 e. The Morgan fingerprint density at radius 3 is 2.67 bits per heavy atom. The molecule has 1 amide bonds. The minimum atomic E-state index is -0.215. The lowest BCUT2D eigenvalue weighted by atomic mass is 10.1. The quantitative estimate of drug-likeness (QED) is 0.781. The van der Waals surface area contributed by atoms with Crippen LogP contribution in [0.25, 0.3) is 0 Å². The zero-order valence-electron chi connectivity index (χ0n) is 16.1. The van der Waals surface area contributed by atoms with E-state index < -0.39 is 0 Å². The Morgan fingerprint density at radius 2 is 1.93 bits per heavy atom. The van der Waals surface area contributed by atoms with Crippen LogP contribution in [0, 0.1) is 11.7 Å². The number of amides is 1. The molecule has 1 aromatic carbocycles. The summed E-state index contributed by atoms with van der Waals surface area (Å²) in [6.45, 7) is 8.98. The standard InChI is InChI=1S/C20H28FN5O/c1-16(2)8-11-26-15-19(22-23-26)20(27)25-10-3-9-24(12-13-25)14-17-4-6-18(21)7-5-17/h4-7,15-16H,3,8-14H2,1-2H3.